The number of nitrogens with zero attached hydrogens (tertiary/aromatic N) is 6. The number of carbonyl (C=O) groups excluding carboxylic acids is 5. The molecule has 8 aromatic rings. The summed E-state index contributed by atoms with van der Waals surface area (Å²) in [6.45, 7) is 2.53. The molecule has 0 bridgehead atoms. The number of benzene rings is 6. The molecule has 0 aliphatic carbocycles. The summed E-state index contributed by atoms with van der Waals surface area (Å²) in [6, 6.07) is 38.0. The maximum absolute atomic E-state index is 13.1. The van der Waals surface area contributed by atoms with E-state index in [1.807, 2.05) is 105 Å². The Morgan fingerprint density at radius 2 is 1.01 bits per heavy atom. The Bertz CT molecular complexity index is 3490. The summed E-state index contributed by atoms with van der Waals surface area (Å²) >= 11 is 12.1. The molecule has 0 aliphatic heterocycles. The van der Waals surface area contributed by atoms with Crippen molar-refractivity contribution >= 4 is 81.0 Å². The molecule has 6 aromatic carbocycles. The molecule has 8 N–H and O–H groups in total. The van der Waals surface area contributed by atoms with E-state index < -0.39 is 73.6 Å². The van der Waals surface area contributed by atoms with Gasteiger partial charge in [0, 0.05) is 47.0 Å². The van der Waals surface area contributed by atoms with Crippen molar-refractivity contribution in [2.24, 2.45) is 5.73 Å². The zero-order valence-electron chi connectivity index (χ0n) is 44.9. The minimum atomic E-state index is -1.60. The number of hydrogen-bond acceptors (Lipinski definition) is 19. The summed E-state index contributed by atoms with van der Waals surface area (Å²) in [7, 11) is 0. The molecule has 8 rings (SSSR count). The molecule has 2 aromatic heterocycles. The Morgan fingerprint density at radius 1 is 0.566 bits per heavy atom. The highest BCUT2D eigenvalue weighted by Crippen LogP contribution is 2.26. The van der Waals surface area contributed by atoms with Gasteiger partial charge in [-0.3, -0.25) is 14.4 Å². The molecular weight excluding hydrogens is 1120 g/mol. The van der Waals surface area contributed by atoms with Crippen LogP contribution in [0.1, 0.15) is 84.2 Å². The first kappa shape index (κ1) is 63.2. The molecule has 0 saturated carbocycles. The van der Waals surface area contributed by atoms with Crippen LogP contribution >= 0.6 is 23.2 Å². The number of hydrogen-bond donors (Lipinski definition) is 7. The third-order valence-electron chi connectivity index (χ3n) is 12.2. The van der Waals surface area contributed by atoms with Crippen molar-refractivity contribution in [1.29, 1.82) is 0 Å². The monoisotopic (exact) mass is 1180 g/mol. The van der Waals surface area contributed by atoms with Crippen molar-refractivity contribution in [3.63, 3.8) is 0 Å². The SMILES string of the molecule is CCCC(=O)OCOC(=O)[C@H](O)C[C@@H](Cc1ccc(-c2cccc(Cl)c2)cc1)NC(=O)c1ccc2nnn(O)c2c1.CCCC(=O)OCOC(=O)[C@H](O)C[C@H](N)Cc1ccc(-c2cccc(Cl)c2)cc1.O=C(O)c1ccc2nnn(O)c2c1. The second-order valence-electron chi connectivity index (χ2n) is 18.6. The number of nitrogens with one attached hydrogen (secondary N) is 1. The number of carboxylic acids is 1. The van der Waals surface area contributed by atoms with Gasteiger partial charge in [0.05, 0.1) is 5.56 Å². The van der Waals surface area contributed by atoms with Crippen LogP contribution in [0.25, 0.3) is 44.3 Å². The standard InChI is InChI=1S/C29H29ClN4O7.C22H26ClNO5.C7H5N3O3/c1-2-4-27(36)40-17-41-29(38)26(35)16-23(31-28(37)21-11-12-24-25(15-21)34(39)33-32-24)13-18-7-9-19(10-8-18)20-5-3-6-22(30)14-20;1-2-4-21(26)28-14-29-22(27)20(25)13-19(24)11-15-7-9-16(10-8-15)17-5-3-6-18(23)12-17;11-7(12)4-1-2-5-6(3-4)10(13)9-8-5/h3,5-12,14-15,23,26,35,39H,2,4,13,16-17H2,1H3,(H,31,37);3,5-10,12,19-20,25H,2,4,11,13-14,24H2,1H3;1-3,13H,(H,11,12)/t23-,26-;19-,20-;/m11./s1. The first-order valence-corrected chi connectivity index (χ1v) is 26.7. The number of aromatic nitrogens is 6. The van der Waals surface area contributed by atoms with Crippen LogP contribution in [0.5, 0.6) is 0 Å². The fraction of sp³-hybridized carbons (Fsp3) is 0.276. The number of amides is 1. The van der Waals surface area contributed by atoms with Gasteiger partial charge in [-0.2, -0.15) is 0 Å². The van der Waals surface area contributed by atoms with Crippen LogP contribution in [0, 0.1) is 0 Å². The lowest BCUT2D eigenvalue weighted by Gasteiger charge is -2.21. The van der Waals surface area contributed by atoms with E-state index in [9.17, 15) is 44.2 Å². The summed E-state index contributed by atoms with van der Waals surface area (Å²) in [5.74, 6) is -4.36. The lowest BCUT2D eigenvalue weighted by Crippen LogP contribution is -2.41. The summed E-state index contributed by atoms with van der Waals surface area (Å²) in [5, 5.41) is 66.4. The van der Waals surface area contributed by atoms with Gasteiger partial charge in [-0.05, 0) is 137 Å². The van der Waals surface area contributed by atoms with Gasteiger partial charge in [-0.1, -0.05) is 120 Å². The highest BCUT2D eigenvalue weighted by atomic mass is 35.5. The van der Waals surface area contributed by atoms with E-state index in [2.05, 4.69) is 25.9 Å². The van der Waals surface area contributed by atoms with Gasteiger partial charge in [-0.25, -0.2) is 14.4 Å². The molecule has 4 atom stereocenters. The molecule has 25 heteroatoms. The fourth-order valence-electron chi connectivity index (χ4n) is 8.02. The van der Waals surface area contributed by atoms with Gasteiger partial charge >= 0.3 is 29.8 Å². The normalized spacial score (nSPS) is 12.3. The molecule has 0 unspecified atom stereocenters. The van der Waals surface area contributed by atoms with E-state index in [1.165, 1.54) is 30.3 Å². The Labute approximate surface area is 485 Å². The van der Waals surface area contributed by atoms with Crippen LogP contribution in [-0.2, 0) is 51.0 Å². The first-order chi connectivity index (χ1) is 39.8. The lowest BCUT2D eigenvalue weighted by molar-refractivity contribution is -0.175. The fourth-order valence-corrected chi connectivity index (χ4v) is 8.40. The van der Waals surface area contributed by atoms with Crippen LogP contribution in [0.15, 0.2) is 133 Å². The first-order valence-electron chi connectivity index (χ1n) is 25.9. The van der Waals surface area contributed by atoms with E-state index in [0.29, 0.717) is 50.0 Å². The Morgan fingerprint density at radius 3 is 1.47 bits per heavy atom. The lowest BCUT2D eigenvalue weighted by atomic mass is 9.97. The number of aromatic carboxylic acids is 1. The smallest absolute Gasteiger partial charge is 0.337 e. The van der Waals surface area contributed by atoms with E-state index in [4.69, 9.17) is 58.2 Å². The molecule has 23 nitrogen and oxygen atoms in total. The minimum absolute atomic E-state index is 0.0395. The molecule has 0 saturated heterocycles. The molecule has 0 aliphatic rings. The maximum atomic E-state index is 13.1. The molecule has 0 spiro atoms. The van der Waals surface area contributed by atoms with Gasteiger partial charge in [0.1, 0.15) is 22.1 Å². The quantitative estimate of drug-likeness (QED) is 0.0183. The Hall–Kier alpha value is -9.00. The van der Waals surface area contributed by atoms with Gasteiger partial charge in [0.2, 0.25) is 13.6 Å². The number of ether oxygens (including phenoxy) is 4. The van der Waals surface area contributed by atoms with Gasteiger partial charge < -0.3 is 55.7 Å². The van der Waals surface area contributed by atoms with Crippen molar-refractivity contribution in [3.8, 4) is 22.3 Å². The third-order valence-corrected chi connectivity index (χ3v) is 12.7. The van der Waals surface area contributed by atoms with Crippen LogP contribution in [0.4, 0.5) is 0 Å². The third kappa shape index (κ3) is 19.6. The van der Waals surface area contributed by atoms with Gasteiger partial charge in [-0.15, -0.1) is 10.2 Å². The van der Waals surface area contributed by atoms with Crippen molar-refractivity contribution in [1.82, 2.24) is 35.6 Å². The average molecular weight is 1180 g/mol. The molecule has 1 amide bonds. The topological polar surface area (TPSA) is 340 Å². The van der Waals surface area contributed by atoms with Crippen molar-refractivity contribution in [2.75, 3.05) is 13.6 Å². The zero-order chi connectivity index (χ0) is 60.0. The molecule has 0 radical (unpaired) electrons. The highest BCUT2D eigenvalue weighted by Gasteiger charge is 2.26. The molecule has 83 heavy (non-hydrogen) atoms. The van der Waals surface area contributed by atoms with Crippen LogP contribution < -0.4 is 11.1 Å². The maximum Gasteiger partial charge on any atom is 0.337 e. The number of rotatable bonds is 23. The average Bonchev–Trinajstić information content (AvgIpc) is 4.27. The summed E-state index contributed by atoms with van der Waals surface area (Å²) in [4.78, 5) is 71.6. The van der Waals surface area contributed by atoms with Crippen molar-refractivity contribution in [2.45, 2.75) is 89.5 Å². The van der Waals surface area contributed by atoms with E-state index in [0.717, 1.165) is 33.4 Å². The molecular formula is C58H60Cl2N8O15. The Balaban J connectivity index is 0.000000227. The molecule has 0 fully saturated rings. The largest absolute Gasteiger partial charge is 0.478 e. The van der Waals surface area contributed by atoms with Gasteiger partial charge in [0.25, 0.3) is 5.91 Å². The molecule has 436 valence electrons. The van der Waals surface area contributed by atoms with Crippen LogP contribution in [0.2, 0.25) is 10.0 Å². The number of aliphatic hydroxyl groups is 2. The van der Waals surface area contributed by atoms with Gasteiger partial charge in [0.15, 0.2) is 12.2 Å². The highest BCUT2D eigenvalue weighted by molar-refractivity contribution is 6.31. The van der Waals surface area contributed by atoms with E-state index in [1.54, 1.807) is 12.1 Å². The minimum Gasteiger partial charge on any atom is -0.478 e. The van der Waals surface area contributed by atoms with Crippen molar-refractivity contribution in [3.05, 3.63) is 166 Å². The number of nitrogens with two attached hydrogens (primary N) is 1. The number of carboxylic acid groups (broad SMARTS) is 1. The number of halogens is 2. The van der Waals surface area contributed by atoms with Crippen molar-refractivity contribution < 1.29 is 73.4 Å². The predicted octanol–water partition coefficient (Wildman–Crippen LogP) is 7.76. The second-order valence-corrected chi connectivity index (χ2v) is 19.5. The number of carbonyl (C=O) groups is 6. The number of esters is 4. The summed E-state index contributed by atoms with van der Waals surface area (Å²) < 4.78 is 19.2. The summed E-state index contributed by atoms with van der Waals surface area (Å²) in [6.07, 6.45) is -0.675. The predicted molar refractivity (Wildman–Crippen MR) is 302 cm³/mol. The number of fused-ring (bicyclic) bond motifs is 2. The summed E-state index contributed by atoms with van der Waals surface area (Å²) in [5.41, 5.74) is 13.5. The van der Waals surface area contributed by atoms with Crippen LogP contribution in [0.3, 0.4) is 0 Å². The Kier molecular flexibility index (Phi) is 23.8. The molecule has 2 heterocycles. The number of aliphatic hydroxyl groups excluding tert-OH is 2. The van der Waals surface area contributed by atoms with E-state index in [-0.39, 0.29) is 54.3 Å². The van der Waals surface area contributed by atoms with Crippen LogP contribution in [-0.4, -0.2) is 130 Å². The second kappa shape index (κ2) is 31.3. The van der Waals surface area contributed by atoms with E-state index >= 15 is 0 Å². The zero-order valence-corrected chi connectivity index (χ0v) is 46.4.